The summed E-state index contributed by atoms with van der Waals surface area (Å²) in [4.78, 5) is 17.0. The molecule has 0 saturated heterocycles. The fourth-order valence-corrected chi connectivity index (χ4v) is 4.30. The zero-order valence-corrected chi connectivity index (χ0v) is 17.1. The van der Waals surface area contributed by atoms with E-state index in [2.05, 4.69) is 0 Å². The Morgan fingerprint density at radius 2 is 1.86 bits per heavy atom. The molecule has 0 bridgehead atoms. The molecule has 148 valence electrons. The number of fused-ring (bicyclic) bond motifs is 3. The Labute approximate surface area is 171 Å². The molecule has 2 heterocycles. The lowest BCUT2D eigenvalue weighted by molar-refractivity contribution is 0.595. The van der Waals surface area contributed by atoms with Crippen LogP contribution in [0.2, 0.25) is 0 Å². The molecular weight excluding hydrogens is 387 g/mol. The van der Waals surface area contributed by atoms with E-state index in [0.29, 0.717) is 18.1 Å². The van der Waals surface area contributed by atoms with Gasteiger partial charge in [0.1, 0.15) is 17.3 Å². The van der Waals surface area contributed by atoms with E-state index in [-0.39, 0.29) is 11.4 Å². The summed E-state index contributed by atoms with van der Waals surface area (Å²) in [5, 5.41) is 0. The monoisotopic (exact) mass is 408 g/mol. The maximum Gasteiger partial charge on any atom is 0.250 e. The summed E-state index contributed by atoms with van der Waals surface area (Å²) in [5.74, 6) is 0.783. The van der Waals surface area contributed by atoms with Gasteiger partial charge in [-0.1, -0.05) is 12.1 Å². The highest BCUT2D eigenvalue weighted by molar-refractivity contribution is 7.90. The lowest BCUT2D eigenvalue weighted by Crippen LogP contribution is -2.16. The predicted octanol–water partition coefficient (Wildman–Crippen LogP) is 3.81. The number of pyridine rings is 1. The molecule has 2 aromatic carbocycles. The molecule has 4 nitrogen and oxygen atoms in total. The second-order valence-electron chi connectivity index (χ2n) is 7.09. The first-order valence-corrected chi connectivity index (χ1v) is 10.9. The molecule has 1 aromatic heterocycles. The zero-order valence-electron chi connectivity index (χ0n) is 16.3. The topological polar surface area (TPSA) is 57.4 Å². The van der Waals surface area contributed by atoms with E-state index in [0.717, 1.165) is 39.1 Å². The first-order chi connectivity index (χ1) is 14.0. The van der Waals surface area contributed by atoms with Gasteiger partial charge in [0.15, 0.2) is 0 Å². The minimum atomic E-state index is -0.923. The highest BCUT2D eigenvalue weighted by Gasteiger charge is 2.21. The summed E-state index contributed by atoms with van der Waals surface area (Å²) >= 11 is -0.923. The van der Waals surface area contributed by atoms with Crippen LogP contribution in [0.3, 0.4) is 0 Å². The van der Waals surface area contributed by atoms with Crippen molar-refractivity contribution in [2.45, 2.75) is 19.2 Å². The van der Waals surface area contributed by atoms with Gasteiger partial charge in [-0.3, -0.25) is 9.79 Å². The second kappa shape index (κ2) is 7.97. The number of aromatic nitrogens is 1. The Hall–Kier alpha value is -2.70. The number of aliphatic imine (C=N–C) groups is 1. The average molecular weight is 408 g/mol. The van der Waals surface area contributed by atoms with Gasteiger partial charge < -0.3 is 9.12 Å². The third kappa shape index (κ3) is 3.91. The second-order valence-corrected chi connectivity index (χ2v) is 8.83. The maximum absolute atomic E-state index is 13.4. The molecule has 1 aliphatic heterocycles. The molecular formula is C23H21FN2O2S. The van der Waals surface area contributed by atoms with Gasteiger partial charge in [0.25, 0.3) is 5.56 Å². The Kier molecular flexibility index (Phi) is 5.39. The van der Waals surface area contributed by atoms with Crippen LogP contribution < -0.4 is 5.56 Å². The van der Waals surface area contributed by atoms with Crippen LogP contribution in [0.15, 0.2) is 64.5 Å². The average Bonchev–Trinajstić information content (AvgIpc) is 2.86. The summed E-state index contributed by atoms with van der Waals surface area (Å²) in [6.07, 6.45) is 1.83. The van der Waals surface area contributed by atoms with E-state index < -0.39 is 11.2 Å². The molecule has 0 spiro atoms. The largest absolute Gasteiger partial charge is 0.616 e. The molecule has 0 radical (unpaired) electrons. The van der Waals surface area contributed by atoms with Crippen molar-refractivity contribution in [3.8, 4) is 11.1 Å². The van der Waals surface area contributed by atoms with Crippen molar-refractivity contribution < 1.29 is 8.94 Å². The Morgan fingerprint density at radius 1 is 1.10 bits per heavy atom. The molecule has 1 atom stereocenters. The highest BCUT2D eigenvalue weighted by Crippen LogP contribution is 2.33. The maximum atomic E-state index is 13.4. The minimum Gasteiger partial charge on any atom is -0.616 e. The van der Waals surface area contributed by atoms with Crippen LogP contribution in [-0.2, 0) is 30.5 Å². The summed E-state index contributed by atoms with van der Waals surface area (Å²) in [7, 11) is 1.73. The summed E-state index contributed by atoms with van der Waals surface area (Å²) < 4.78 is 27.1. The van der Waals surface area contributed by atoms with Gasteiger partial charge >= 0.3 is 0 Å². The van der Waals surface area contributed by atoms with Gasteiger partial charge in [0.2, 0.25) is 0 Å². The number of nitrogens with zero attached hydrogens (tertiary/aromatic N) is 2. The first kappa shape index (κ1) is 19.6. The van der Waals surface area contributed by atoms with Crippen LogP contribution in [0.4, 0.5) is 4.39 Å². The van der Waals surface area contributed by atoms with E-state index in [1.54, 1.807) is 29.8 Å². The molecule has 3 aromatic rings. The van der Waals surface area contributed by atoms with Gasteiger partial charge in [-0.15, -0.1) is 0 Å². The fraction of sp³-hybridized carbons (Fsp3) is 0.217. The summed E-state index contributed by atoms with van der Waals surface area (Å²) in [6, 6.07) is 13.9. The summed E-state index contributed by atoms with van der Waals surface area (Å²) in [6.45, 7) is 2.27. The Bertz CT molecular complexity index is 1150. The van der Waals surface area contributed by atoms with Crippen LogP contribution in [0.25, 0.3) is 11.1 Å². The van der Waals surface area contributed by atoms with Crippen LogP contribution >= 0.6 is 0 Å². The molecule has 29 heavy (non-hydrogen) atoms. The number of rotatable bonds is 4. The fourth-order valence-electron chi connectivity index (χ4n) is 3.54. The van der Waals surface area contributed by atoms with E-state index >= 15 is 0 Å². The van der Waals surface area contributed by atoms with Crippen molar-refractivity contribution in [3.63, 3.8) is 0 Å². The SMILES string of the molecule is CC[S+]([O-])Cc1ccc2c(c1)-c1cn(C)c(=O)cc1CN=C2c1ccc(F)cc1. The van der Waals surface area contributed by atoms with Gasteiger partial charge in [-0.2, -0.15) is 0 Å². The lowest BCUT2D eigenvalue weighted by Gasteiger charge is -2.15. The number of hydrogen-bond donors (Lipinski definition) is 0. The zero-order chi connectivity index (χ0) is 20.5. The van der Waals surface area contributed by atoms with Crippen molar-refractivity contribution in [2.24, 2.45) is 12.0 Å². The van der Waals surface area contributed by atoms with Gasteiger partial charge in [-0.25, -0.2) is 4.39 Å². The van der Waals surface area contributed by atoms with E-state index in [4.69, 9.17) is 4.99 Å². The molecule has 0 N–H and O–H groups in total. The highest BCUT2D eigenvalue weighted by atomic mass is 32.2. The number of hydrogen-bond acceptors (Lipinski definition) is 3. The molecule has 0 fully saturated rings. The molecule has 6 heteroatoms. The molecule has 1 unspecified atom stereocenters. The molecule has 4 rings (SSSR count). The predicted molar refractivity (Wildman–Crippen MR) is 115 cm³/mol. The Balaban J connectivity index is 1.92. The normalized spacial score (nSPS) is 13.9. The standard InChI is InChI=1S/C23H21FN2O2S/c1-3-29(28)14-15-4-9-19-20(10-15)21-13-26(2)22(27)11-17(21)12-25-23(19)16-5-7-18(24)8-6-16/h4-11,13H,3,12,14H2,1-2H3. The van der Waals surface area contributed by atoms with Gasteiger partial charge in [0.05, 0.1) is 12.3 Å². The summed E-state index contributed by atoms with van der Waals surface area (Å²) in [5.41, 5.74) is 6.11. The third-order valence-corrected chi connectivity index (χ3v) is 6.42. The van der Waals surface area contributed by atoms with Crippen molar-refractivity contribution in [1.29, 1.82) is 0 Å². The lowest BCUT2D eigenvalue weighted by atomic mass is 9.92. The van der Waals surface area contributed by atoms with Gasteiger partial charge in [-0.05, 0) is 59.6 Å². The smallest absolute Gasteiger partial charge is 0.250 e. The van der Waals surface area contributed by atoms with E-state index in [1.807, 2.05) is 31.3 Å². The number of halogens is 1. The molecule has 0 saturated carbocycles. The molecule has 0 aliphatic carbocycles. The van der Waals surface area contributed by atoms with Crippen LogP contribution in [-0.4, -0.2) is 20.6 Å². The molecule has 1 aliphatic rings. The van der Waals surface area contributed by atoms with Crippen molar-refractivity contribution in [2.75, 3.05) is 5.75 Å². The van der Waals surface area contributed by atoms with Crippen molar-refractivity contribution in [3.05, 3.63) is 93.2 Å². The van der Waals surface area contributed by atoms with Crippen LogP contribution in [0.1, 0.15) is 29.2 Å². The third-order valence-electron chi connectivity index (χ3n) is 5.12. The van der Waals surface area contributed by atoms with Crippen LogP contribution in [0.5, 0.6) is 0 Å². The quantitative estimate of drug-likeness (QED) is 0.617. The first-order valence-electron chi connectivity index (χ1n) is 9.45. The minimum absolute atomic E-state index is 0.0889. The van der Waals surface area contributed by atoms with Crippen LogP contribution in [0, 0.1) is 5.82 Å². The number of benzene rings is 2. The van der Waals surface area contributed by atoms with E-state index in [9.17, 15) is 13.7 Å². The van der Waals surface area contributed by atoms with Crippen molar-refractivity contribution in [1.82, 2.24) is 4.57 Å². The number of aryl methyl sites for hydroxylation is 1. The molecule has 0 amide bonds. The Morgan fingerprint density at radius 3 is 2.59 bits per heavy atom. The van der Waals surface area contributed by atoms with Crippen molar-refractivity contribution >= 4 is 16.9 Å². The van der Waals surface area contributed by atoms with E-state index in [1.165, 1.54) is 12.1 Å². The van der Waals surface area contributed by atoms with Gasteiger partial charge in [0, 0.05) is 41.6 Å².